The first kappa shape index (κ1) is 74.1. The minimum atomic E-state index is -1.64. The number of likely N-dealkylation sites (tertiary alicyclic amines) is 1. The number of nitrogens with zero attached hydrogens (tertiary/aromatic N) is 1. The van der Waals surface area contributed by atoms with E-state index in [1.54, 1.807) is 81.4 Å². The summed E-state index contributed by atoms with van der Waals surface area (Å²) < 4.78 is 0. The topological polar surface area (TPSA) is 437 Å². The molecule has 27 nitrogen and oxygen atoms in total. The molecule has 0 unspecified atom stereocenters. The number of carboxylic acids is 2. The van der Waals surface area contributed by atoms with Crippen molar-refractivity contribution in [1.29, 1.82) is 0 Å². The van der Waals surface area contributed by atoms with Gasteiger partial charge in [-0.3, -0.25) is 57.5 Å². The van der Waals surface area contributed by atoms with Crippen LogP contribution in [-0.4, -0.2) is 176 Å². The second kappa shape index (κ2) is 37.0. The molecule has 1 saturated heterocycles. The Morgan fingerprint density at radius 1 is 0.587 bits per heavy atom. The monoisotopic (exact) mass is 1300 g/mol. The lowest BCUT2D eigenvalue weighted by atomic mass is 9.83. The van der Waals surface area contributed by atoms with Crippen LogP contribution >= 0.6 is 12.6 Å². The standard InChI is InChI=1S/C64H89N11O16S/c1-4-16-43(57(84)71-47(34-76)60(87)69-45(55(66)82)31-38-24-26-41(77)27-25-38)68-61(88)49-23-15-30-75(49)64(91)48(35-92)72-59(86)46(32-37-17-9-6-10-18-37)70-62(89)53(36(3)5-2)73-63(90)54(52(39-19-11-7-12-20-39)40-21-13-8-14-22-40)74-58(85)44(28-29-50(78)79)67-56(83)42(65)33-51(80)81/h7-8,11-14,19-22,24-27,36-37,42-49,52-54,76-77,92H,4-6,9-10,15-18,23,28-35,65H2,1-3H3,(H2,66,82)(H,67,83)(H,68,88)(H,69,87)(H,70,89)(H,71,84)(H,72,86)(H,73,90)(H,74,85)(H,78,79)(H,80,81)/t36-,42-,43-,44-,45-,46-,47-,48-,49-,53-,54-/m0/s1. The van der Waals surface area contributed by atoms with E-state index in [-0.39, 0.29) is 49.6 Å². The number of rotatable bonds is 36. The highest BCUT2D eigenvalue weighted by Gasteiger charge is 2.42. The van der Waals surface area contributed by atoms with E-state index in [0.717, 1.165) is 32.1 Å². The number of carbonyl (C=O) groups is 12. The fourth-order valence-electron chi connectivity index (χ4n) is 11.4. The number of aliphatic hydroxyl groups excluding tert-OH is 1. The Kier molecular flexibility index (Phi) is 29.8. The first-order valence-corrected chi connectivity index (χ1v) is 31.8. The van der Waals surface area contributed by atoms with Crippen molar-refractivity contribution in [1.82, 2.24) is 47.4 Å². The summed E-state index contributed by atoms with van der Waals surface area (Å²) in [4.78, 5) is 165. The van der Waals surface area contributed by atoms with Crippen molar-refractivity contribution in [2.75, 3.05) is 18.9 Å². The Morgan fingerprint density at radius 2 is 1.11 bits per heavy atom. The minimum Gasteiger partial charge on any atom is -0.508 e. The molecule has 92 heavy (non-hydrogen) atoms. The molecule has 11 atom stereocenters. The highest BCUT2D eigenvalue weighted by atomic mass is 32.1. The number of carboxylic acid groups (broad SMARTS) is 2. The summed E-state index contributed by atoms with van der Waals surface area (Å²) in [5.41, 5.74) is 13.0. The number of benzene rings is 3. The molecular formula is C64H89N11O16S. The van der Waals surface area contributed by atoms with Crippen LogP contribution in [0.25, 0.3) is 0 Å². The summed E-state index contributed by atoms with van der Waals surface area (Å²) in [6, 6.07) is 8.90. The third-order valence-electron chi connectivity index (χ3n) is 16.7. The average Bonchev–Trinajstić information content (AvgIpc) is 1.08. The van der Waals surface area contributed by atoms with E-state index in [9.17, 15) is 73.2 Å². The Morgan fingerprint density at radius 3 is 1.66 bits per heavy atom. The quantitative estimate of drug-likeness (QED) is 0.0353. The predicted octanol–water partition coefficient (Wildman–Crippen LogP) is 0.527. The second-order valence-electron chi connectivity index (χ2n) is 23.5. The molecule has 1 aliphatic carbocycles. The fraction of sp³-hybridized carbons (Fsp3) is 0.531. The Hall–Kier alpha value is -8.63. The lowest BCUT2D eigenvalue weighted by Gasteiger charge is -2.33. The summed E-state index contributed by atoms with van der Waals surface area (Å²) in [7, 11) is 0. The zero-order valence-corrected chi connectivity index (χ0v) is 52.9. The number of thiol groups is 1. The molecule has 2 fully saturated rings. The van der Waals surface area contributed by atoms with E-state index in [1.165, 1.54) is 29.2 Å². The molecule has 10 amide bonds. The van der Waals surface area contributed by atoms with Crippen molar-refractivity contribution in [3.63, 3.8) is 0 Å². The van der Waals surface area contributed by atoms with Gasteiger partial charge in [0.2, 0.25) is 59.1 Å². The van der Waals surface area contributed by atoms with Crippen LogP contribution in [0.3, 0.4) is 0 Å². The predicted molar refractivity (Wildman–Crippen MR) is 340 cm³/mol. The smallest absolute Gasteiger partial charge is 0.305 e. The number of carbonyl (C=O) groups excluding carboxylic acids is 10. The highest BCUT2D eigenvalue weighted by molar-refractivity contribution is 7.80. The molecule has 5 rings (SSSR count). The molecule has 0 spiro atoms. The number of aliphatic carboxylic acids is 2. The van der Waals surface area contributed by atoms with Crippen LogP contribution in [0.2, 0.25) is 0 Å². The maximum atomic E-state index is 15.3. The average molecular weight is 1300 g/mol. The van der Waals surface area contributed by atoms with Gasteiger partial charge in [-0.2, -0.15) is 12.6 Å². The maximum Gasteiger partial charge on any atom is 0.305 e. The fourth-order valence-corrected chi connectivity index (χ4v) is 11.6. The van der Waals surface area contributed by atoms with Crippen molar-refractivity contribution in [2.24, 2.45) is 23.3 Å². The summed E-state index contributed by atoms with van der Waals surface area (Å²) >= 11 is 4.45. The van der Waals surface area contributed by atoms with Crippen LogP contribution in [0.5, 0.6) is 5.75 Å². The molecule has 3 aromatic rings. The molecular weight excluding hydrogens is 1210 g/mol. The van der Waals surface area contributed by atoms with Crippen LogP contribution in [-0.2, 0) is 64.0 Å². The molecule has 502 valence electrons. The minimum absolute atomic E-state index is 0.0250. The van der Waals surface area contributed by atoms with Crippen molar-refractivity contribution < 1.29 is 78.0 Å². The van der Waals surface area contributed by atoms with Crippen molar-refractivity contribution in [3.05, 3.63) is 102 Å². The summed E-state index contributed by atoms with van der Waals surface area (Å²) in [6.45, 7) is 4.40. The van der Waals surface area contributed by atoms with Gasteiger partial charge in [0, 0.05) is 31.1 Å². The third-order valence-corrected chi connectivity index (χ3v) is 17.0. The Labute approximate surface area is 539 Å². The third kappa shape index (κ3) is 22.3. The van der Waals surface area contributed by atoms with E-state index in [2.05, 4.69) is 55.2 Å². The number of hydrogen-bond donors (Lipinski definition) is 15. The van der Waals surface area contributed by atoms with Crippen LogP contribution in [0.1, 0.15) is 133 Å². The molecule has 0 bridgehead atoms. The largest absolute Gasteiger partial charge is 0.508 e. The normalized spacial score (nSPS) is 17.3. The van der Waals surface area contributed by atoms with Crippen molar-refractivity contribution >= 4 is 83.6 Å². The number of phenolic OH excluding ortho intramolecular Hbond substituents is 1. The van der Waals surface area contributed by atoms with Gasteiger partial charge in [0.1, 0.15) is 60.1 Å². The number of primary amides is 1. The lowest BCUT2D eigenvalue weighted by molar-refractivity contribution is -0.142. The van der Waals surface area contributed by atoms with Gasteiger partial charge in [0.05, 0.1) is 19.1 Å². The molecule has 28 heteroatoms. The zero-order valence-electron chi connectivity index (χ0n) is 52.1. The molecule has 3 aromatic carbocycles. The van der Waals surface area contributed by atoms with E-state index >= 15 is 4.79 Å². The number of hydrogen-bond acceptors (Lipinski definition) is 16. The Bertz CT molecular complexity index is 2970. The number of phenols is 1. The lowest BCUT2D eigenvalue weighted by Crippen LogP contribution is -2.62. The van der Waals surface area contributed by atoms with Crippen molar-refractivity contribution in [3.8, 4) is 5.75 Å². The van der Waals surface area contributed by atoms with Gasteiger partial charge in [-0.05, 0) is 72.8 Å². The van der Waals surface area contributed by atoms with E-state index in [1.807, 2.05) is 0 Å². The van der Waals surface area contributed by atoms with Gasteiger partial charge >= 0.3 is 11.9 Å². The number of nitrogens with two attached hydrogens (primary N) is 2. The van der Waals surface area contributed by atoms with E-state index < -0.39 is 169 Å². The first-order valence-electron chi connectivity index (χ1n) is 31.2. The van der Waals surface area contributed by atoms with Crippen LogP contribution in [0, 0.1) is 11.8 Å². The SMILES string of the molecule is CCC[C@H](NC(=O)[C@@H]1CCCN1C(=O)[C@H](CS)NC(=O)[C@H](CC1CCCCC1)NC(=O)[C@@H](NC(=O)[C@@H](NC(=O)[C@H](CCC(=O)O)NC(=O)[C@@H](N)CC(=O)O)C(c1ccccc1)c1ccccc1)[C@@H](C)CC)C(=O)N[C@@H](CO)C(=O)N[C@@H](Cc1ccc(O)cc1)C(N)=O. The second-order valence-corrected chi connectivity index (χ2v) is 23.9. The van der Waals surface area contributed by atoms with Gasteiger partial charge in [-0.25, -0.2) is 0 Å². The van der Waals surface area contributed by atoms with Crippen LogP contribution in [0.15, 0.2) is 84.9 Å². The van der Waals surface area contributed by atoms with Crippen LogP contribution < -0.4 is 54.0 Å². The van der Waals surface area contributed by atoms with Gasteiger partial charge in [0.15, 0.2) is 0 Å². The molecule has 0 radical (unpaired) electrons. The summed E-state index contributed by atoms with van der Waals surface area (Å²) in [5, 5.41) is 59.9. The van der Waals surface area contributed by atoms with E-state index in [4.69, 9.17) is 11.5 Å². The molecule has 16 N–H and O–H groups in total. The number of aliphatic hydroxyl groups is 1. The summed E-state index contributed by atoms with van der Waals surface area (Å²) in [6.07, 6.45) is 3.54. The summed E-state index contributed by atoms with van der Waals surface area (Å²) in [5.74, 6) is -13.3. The molecule has 1 saturated carbocycles. The molecule has 1 aliphatic heterocycles. The van der Waals surface area contributed by atoms with Gasteiger partial charge in [-0.15, -0.1) is 0 Å². The number of amides is 10. The van der Waals surface area contributed by atoms with Gasteiger partial charge < -0.3 is 79.3 Å². The molecule has 1 heterocycles. The highest BCUT2D eigenvalue weighted by Crippen LogP contribution is 2.31. The first-order chi connectivity index (χ1) is 43.9. The van der Waals surface area contributed by atoms with Crippen molar-refractivity contribution in [2.45, 2.75) is 183 Å². The molecule has 0 aromatic heterocycles. The van der Waals surface area contributed by atoms with Crippen LogP contribution in [0.4, 0.5) is 0 Å². The van der Waals surface area contributed by atoms with Gasteiger partial charge in [0.25, 0.3) is 0 Å². The van der Waals surface area contributed by atoms with E-state index in [0.29, 0.717) is 36.0 Å². The van der Waals surface area contributed by atoms with Gasteiger partial charge in [-0.1, -0.05) is 139 Å². The zero-order chi connectivity index (χ0) is 67.6. The number of nitrogens with one attached hydrogen (secondary N) is 8. The Balaban J connectivity index is 1.37. The molecule has 2 aliphatic rings. The number of aromatic hydroxyl groups is 1. The maximum absolute atomic E-state index is 15.3.